The maximum Gasteiger partial charge on any atom is 0.410 e. The largest absolute Gasteiger partial charge is 0.444 e. The lowest BCUT2D eigenvalue weighted by molar-refractivity contribution is 0.0182. The Labute approximate surface area is 193 Å². The molecule has 1 aromatic rings. The normalized spacial score (nSPS) is 20.9. The summed E-state index contributed by atoms with van der Waals surface area (Å²) in [6.07, 6.45) is 8.07. The lowest BCUT2D eigenvalue weighted by Gasteiger charge is -2.33. The molecule has 32 heavy (non-hydrogen) atoms. The molecule has 0 atom stereocenters. The Morgan fingerprint density at radius 2 is 1.69 bits per heavy atom. The first kappa shape index (κ1) is 23.3. The van der Waals surface area contributed by atoms with Crippen LogP contribution in [0.4, 0.5) is 4.79 Å². The molecule has 0 bridgehead atoms. The van der Waals surface area contributed by atoms with Crippen LogP contribution in [-0.2, 0) is 17.8 Å². The van der Waals surface area contributed by atoms with E-state index < -0.39 is 5.60 Å². The molecule has 0 aromatic heterocycles. The van der Waals surface area contributed by atoms with Crippen molar-refractivity contribution in [2.75, 3.05) is 19.6 Å². The number of benzene rings is 1. The number of rotatable bonds is 4. The number of Topliss-reactive ketones (excluding diaryl/α,β-unsaturated/α-hetero) is 1. The molecule has 1 saturated heterocycles. The molecule has 1 aliphatic carbocycles. The zero-order valence-electron chi connectivity index (χ0n) is 20.4. The monoisotopic (exact) mass is 440 g/mol. The fraction of sp³-hybridized carbons (Fsp3) is 0.704. The molecule has 5 heteroatoms. The maximum absolute atomic E-state index is 13.3. The van der Waals surface area contributed by atoms with Gasteiger partial charge in [-0.3, -0.25) is 9.69 Å². The molecule has 0 spiro atoms. The molecular formula is C27H40N2O3. The zero-order valence-corrected chi connectivity index (χ0v) is 20.4. The van der Waals surface area contributed by atoms with Gasteiger partial charge in [-0.05, 0) is 88.1 Å². The summed E-state index contributed by atoms with van der Waals surface area (Å²) in [5.41, 5.74) is 4.39. The van der Waals surface area contributed by atoms with Gasteiger partial charge in [0.2, 0.25) is 0 Å². The van der Waals surface area contributed by atoms with Crippen molar-refractivity contribution < 1.29 is 14.3 Å². The number of ether oxygens (including phenoxy) is 1. The highest BCUT2D eigenvalue weighted by atomic mass is 16.6. The number of hydrogen-bond donors (Lipinski definition) is 0. The molecule has 176 valence electrons. The summed E-state index contributed by atoms with van der Waals surface area (Å²) < 4.78 is 5.49. The van der Waals surface area contributed by atoms with Crippen molar-refractivity contribution in [2.45, 2.75) is 91.3 Å². The third-order valence-electron chi connectivity index (χ3n) is 7.38. The standard InChI is InChI=1S/C27H40N2O3/c1-19-14-22(15-23-17-28(18-24(19)23)16-20-8-6-5-7-9-20)25(30)21-10-12-29(13-11-21)26(31)32-27(2,3)4/h14-15,20-21H,5-13,16-18H2,1-4H3. The maximum atomic E-state index is 13.3. The highest BCUT2D eigenvalue weighted by Crippen LogP contribution is 2.32. The molecule has 0 N–H and O–H groups in total. The van der Waals surface area contributed by atoms with Crippen LogP contribution < -0.4 is 0 Å². The lowest BCUT2D eigenvalue weighted by atomic mass is 9.87. The van der Waals surface area contributed by atoms with Crippen LogP contribution in [-0.4, -0.2) is 46.9 Å². The molecule has 1 aromatic carbocycles. The van der Waals surface area contributed by atoms with E-state index in [2.05, 4.69) is 24.0 Å². The van der Waals surface area contributed by atoms with Gasteiger partial charge in [-0.25, -0.2) is 4.79 Å². The van der Waals surface area contributed by atoms with Gasteiger partial charge >= 0.3 is 6.09 Å². The van der Waals surface area contributed by atoms with Crippen LogP contribution in [0, 0.1) is 18.8 Å². The van der Waals surface area contributed by atoms with Gasteiger partial charge in [0.25, 0.3) is 0 Å². The SMILES string of the molecule is Cc1cc(C(=O)C2CCN(C(=O)OC(C)(C)C)CC2)cc2c1CN(CC1CCCCC1)C2. The number of aryl methyl sites for hydroxylation is 1. The van der Waals surface area contributed by atoms with Crippen LogP contribution in [0.15, 0.2) is 12.1 Å². The number of piperidine rings is 1. The molecule has 4 rings (SSSR count). The number of carbonyl (C=O) groups is 2. The van der Waals surface area contributed by atoms with Gasteiger partial charge in [0, 0.05) is 44.2 Å². The van der Waals surface area contributed by atoms with Gasteiger partial charge in [0.1, 0.15) is 5.60 Å². The van der Waals surface area contributed by atoms with Crippen LogP contribution in [0.3, 0.4) is 0 Å². The summed E-state index contributed by atoms with van der Waals surface area (Å²) in [5, 5.41) is 0. The molecule has 5 nitrogen and oxygen atoms in total. The van der Waals surface area contributed by atoms with Crippen molar-refractivity contribution in [3.63, 3.8) is 0 Å². The molecule has 1 amide bonds. The summed E-state index contributed by atoms with van der Waals surface area (Å²) in [6.45, 7) is 12.2. The number of amides is 1. The zero-order chi connectivity index (χ0) is 22.9. The minimum Gasteiger partial charge on any atom is -0.444 e. The molecule has 0 unspecified atom stereocenters. The van der Waals surface area contributed by atoms with Crippen molar-refractivity contribution in [3.05, 3.63) is 34.4 Å². The summed E-state index contributed by atoms with van der Waals surface area (Å²) >= 11 is 0. The number of ketones is 1. The first-order valence-corrected chi connectivity index (χ1v) is 12.6. The van der Waals surface area contributed by atoms with Crippen LogP contribution in [0.25, 0.3) is 0 Å². The Balaban J connectivity index is 1.35. The summed E-state index contributed by atoms with van der Waals surface area (Å²) in [7, 11) is 0. The number of nitrogens with zero attached hydrogens (tertiary/aromatic N) is 2. The molecule has 2 fully saturated rings. The number of fused-ring (bicyclic) bond motifs is 1. The van der Waals surface area contributed by atoms with Crippen molar-refractivity contribution in [1.29, 1.82) is 0 Å². The van der Waals surface area contributed by atoms with Crippen molar-refractivity contribution in [1.82, 2.24) is 9.80 Å². The minimum absolute atomic E-state index is 0.00844. The highest BCUT2D eigenvalue weighted by Gasteiger charge is 2.32. The molecule has 3 aliphatic rings. The van der Waals surface area contributed by atoms with E-state index in [4.69, 9.17) is 4.74 Å². The Morgan fingerprint density at radius 1 is 1.00 bits per heavy atom. The lowest BCUT2D eigenvalue weighted by Crippen LogP contribution is -2.43. The third kappa shape index (κ3) is 5.54. The predicted octanol–water partition coefficient (Wildman–Crippen LogP) is 5.72. The fourth-order valence-corrected chi connectivity index (χ4v) is 5.67. The van der Waals surface area contributed by atoms with E-state index in [9.17, 15) is 9.59 Å². The van der Waals surface area contributed by atoms with E-state index in [0.29, 0.717) is 25.9 Å². The van der Waals surface area contributed by atoms with Crippen molar-refractivity contribution >= 4 is 11.9 Å². The first-order valence-electron chi connectivity index (χ1n) is 12.6. The van der Waals surface area contributed by atoms with Gasteiger partial charge in [0.05, 0.1) is 0 Å². The van der Waals surface area contributed by atoms with Gasteiger partial charge in [-0.15, -0.1) is 0 Å². The van der Waals surface area contributed by atoms with Gasteiger partial charge in [-0.2, -0.15) is 0 Å². The van der Waals surface area contributed by atoms with E-state index in [-0.39, 0.29) is 17.8 Å². The van der Waals surface area contributed by atoms with Gasteiger partial charge < -0.3 is 9.64 Å². The minimum atomic E-state index is -0.490. The molecule has 2 heterocycles. The quantitative estimate of drug-likeness (QED) is 0.562. The average Bonchev–Trinajstić information content (AvgIpc) is 3.16. The smallest absolute Gasteiger partial charge is 0.410 e. The molecule has 1 saturated carbocycles. The second kappa shape index (κ2) is 9.54. The van der Waals surface area contributed by atoms with Gasteiger partial charge in [0.15, 0.2) is 5.78 Å². The second-order valence-corrected chi connectivity index (χ2v) is 11.2. The number of carbonyl (C=O) groups excluding carboxylic acids is 2. The fourth-order valence-electron chi connectivity index (χ4n) is 5.67. The van der Waals surface area contributed by atoms with E-state index >= 15 is 0 Å². The topological polar surface area (TPSA) is 49.9 Å². The van der Waals surface area contributed by atoms with E-state index in [1.165, 1.54) is 55.3 Å². The number of likely N-dealkylation sites (tertiary alicyclic amines) is 1. The Hall–Kier alpha value is -1.88. The summed E-state index contributed by atoms with van der Waals surface area (Å²) in [6, 6.07) is 4.26. The van der Waals surface area contributed by atoms with E-state index in [0.717, 1.165) is 24.6 Å². The van der Waals surface area contributed by atoms with E-state index in [1.54, 1.807) is 4.90 Å². The first-order chi connectivity index (χ1) is 15.2. The number of hydrogen-bond acceptors (Lipinski definition) is 4. The summed E-state index contributed by atoms with van der Waals surface area (Å²) in [4.78, 5) is 30.0. The van der Waals surface area contributed by atoms with E-state index in [1.807, 2.05) is 20.8 Å². The van der Waals surface area contributed by atoms with Gasteiger partial charge in [-0.1, -0.05) is 19.3 Å². The van der Waals surface area contributed by atoms with Crippen LogP contribution >= 0.6 is 0 Å². The van der Waals surface area contributed by atoms with Crippen LogP contribution in [0.5, 0.6) is 0 Å². The Kier molecular flexibility index (Phi) is 6.94. The Bertz CT molecular complexity index is 843. The molecular weight excluding hydrogens is 400 g/mol. The van der Waals surface area contributed by atoms with Crippen LogP contribution in [0.1, 0.15) is 92.8 Å². The Morgan fingerprint density at radius 3 is 2.34 bits per heavy atom. The average molecular weight is 441 g/mol. The molecule has 2 aliphatic heterocycles. The summed E-state index contributed by atoms with van der Waals surface area (Å²) in [5.74, 6) is 1.07. The highest BCUT2D eigenvalue weighted by molar-refractivity contribution is 5.98. The van der Waals surface area contributed by atoms with Crippen molar-refractivity contribution in [3.8, 4) is 0 Å². The second-order valence-electron chi connectivity index (χ2n) is 11.2. The predicted molar refractivity (Wildman–Crippen MR) is 127 cm³/mol. The van der Waals surface area contributed by atoms with Crippen molar-refractivity contribution in [2.24, 2.45) is 11.8 Å². The van der Waals surface area contributed by atoms with Crippen LogP contribution in [0.2, 0.25) is 0 Å². The molecule has 0 radical (unpaired) electrons. The third-order valence-corrected chi connectivity index (χ3v) is 7.38.